The fourth-order valence-electron chi connectivity index (χ4n) is 3.67. The molecule has 0 spiro atoms. The molecule has 1 fully saturated rings. The Labute approximate surface area is 168 Å². The van der Waals surface area contributed by atoms with E-state index in [9.17, 15) is 9.18 Å². The van der Waals surface area contributed by atoms with Crippen molar-refractivity contribution >= 4 is 11.8 Å². The first-order chi connectivity index (χ1) is 14.1. The number of hydrogen-bond acceptors (Lipinski definition) is 5. The van der Waals surface area contributed by atoms with Crippen molar-refractivity contribution in [3.63, 3.8) is 0 Å². The molecule has 1 aromatic heterocycles. The van der Waals surface area contributed by atoms with Crippen LogP contribution in [-0.4, -0.2) is 22.8 Å². The van der Waals surface area contributed by atoms with Crippen LogP contribution in [-0.2, 0) is 4.74 Å². The third-order valence-electron chi connectivity index (χ3n) is 5.22. The highest BCUT2D eigenvalue weighted by atomic mass is 19.1. The monoisotopic (exact) mass is 394 g/mol. The van der Waals surface area contributed by atoms with Crippen LogP contribution in [0.25, 0.3) is 11.3 Å². The largest absolute Gasteiger partial charge is 0.424 e. The topological polar surface area (TPSA) is 75.6 Å². The molecule has 6 nitrogen and oxygen atoms in total. The Balaban J connectivity index is 1.30. The predicted octanol–water partition coefficient (Wildman–Crippen LogP) is 3.97. The molecule has 1 aliphatic carbocycles. The van der Waals surface area contributed by atoms with Gasteiger partial charge >= 0.3 is 0 Å². The van der Waals surface area contributed by atoms with E-state index in [1.807, 2.05) is 0 Å². The van der Waals surface area contributed by atoms with Gasteiger partial charge in [0.15, 0.2) is 0 Å². The number of ether oxygens (including phenoxy) is 1. The van der Waals surface area contributed by atoms with Gasteiger partial charge in [-0.05, 0) is 61.9 Å². The zero-order valence-electron chi connectivity index (χ0n) is 16.2. The molecule has 2 aromatic rings. The van der Waals surface area contributed by atoms with Crippen molar-refractivity contribution in [2.75, 3.05) is 0 Å². The van der Waals surface area contributed by atoms with Crippen molar-refractivity contribution in [3.8, 4) is 11.3 Å². The smallest absolute Gasteiger partial charge is 0.253 e. The fraction of sp³-hybridized carbons (Fsp3) is 0.318. The number of allylic oxidation sites excluding steroid dienone is 1. The van der Waals surface area contributed by atoms with Gasteiger partial charge in [0.25, 0.3) is 5.91 Å². The number of carbonyl (C=O) groups excluding carboxylic acids is 1. The van der Waals surface area contributed by atoms with Gasteiger partial charge in [-0.3, -0.25) is 9.78 Å². The molecule has 0 bridgehead atoms. The SMILES string of the molecule is CC1=NNC(=CC2CCC(NC(=O)c3ccc(-c4cccc(F)c4)nc3)CC2)O1. The van der Waals surface area contributed by atoms with Crippen molar-refractivity contribution in [1.29, 1.82) is 0 Å². The maximum absolute atomic E-state index is 13.4. The molecule has 1 saturated carbocycles. The minimum Gasteiger partial charge on any atom is -0.424 e. The molecule has 2 aliphatic rings. The number of amides is 1. The molecule has 0 saturated heterocycles. The zero-order valence-corrected chi connectivity index (χ0v) is 16.2. The second kappa shape index (κ2) is 8.43. The van der Waals surface area contributed by atoms with Crippen LogP contribution in [0.5, 0.6) is 0 Å². The van der Waals surface area contributed by atoms with Crippen molar-refractivity contribution in [1.82, 2.24) is 15.7 Å². The van der Waals surface area contributed by atoms with Crippen LogP contribution in [0, 0.1) is 11.7 Å². The van der Waals surface area contributed by atoms with E-state index in [0.717, 1.165) is 25.7 Å². The molecule has 0 unspecified atom stereocenters. The highest BCUT2D eigenvalue weighted by molar-refractivity contribution is 5.94. The number of pyridine rings is 1. The highest BCUT2D eigenvalue weighted by Crippen LogP contribution is 2.27. The number of nitrogens with zero attached hydrogens (tertiary/aromatic N) is 2. The molecule has 0 radical (unpaired) electrons. The van der Waals surface area contributed by atoms with E-state index in [0.29, 0.717) is 34.5 Å². The summed E-state index contributed by atoms with van der Waals surface area (Å²) in [4.78, 5) is 16.9. The molecule has 2 N–H and O–H groups in total. The molecule has 150 valence electrons. The van der Waals surface area contributed by atoms with Gasteiger partial charge in [0.05, 0.1) is 11.3 Å². The molecule has 29 heavy (non-hydrogen) atoms. The van der Waals surface area contributed by atoms with E-state index in [1.165, 1.54) is 18.3 Å². The molecule has 1 aliphatic heterocycles. The van der Waals surface area contributed by atoms with Crippen molar-refractivity contribution in [3.05, 3.63) is 65.9 Å². The number of rotatable bonds is 4. The predicted molar refractivity (Wildman–Crippen MR) is 108 cm³/mol. The van der Waals surface area contributed by atoms with Gasteiger partial charge in [-0.2, -0.15) is 0 Å². The van der Waals surface area contributed by atoms with E-state index in [4.69, 9.17) is 4.74 Å². The summed E-state index contributed by atoms with van der Waals surface area (Å²) in [6, 6.07) is 9.87. The summed E-state index contributed by atoms with van der Waals surface area (Å²) in [7, 11) is 0. The minimum atomic E-state index is -0.310. The van der Waals surface area contributed by atoms with Gasteiger partial charge in [-0.1, -0.05) is 12.1 Å². The number of benzene rings is 1. The van der Waals surface area contributed by atoms with Crippen LogP contribution in [0.4, 0.5) is 4.39 Å². The number of nitrogens with one attached hydrogen (secondary N) is 2. The van der Waals surface area contributed by atoms with E-state index >= 15 is 0 Å². The maximum atomic E-state index is 13.4. The Morgan fingerprint density at radius 2 is 2.07 bits per heavy atom. The molecular formula is C22H23FN4O2. The molecule has 7 heteroatoms. The van der Waals surface area contributed by atoms with Gasteiger partial charge in [0.1, 0.15) is 5.82 Å². The minimum absolute atomic E-state index is 0.130. The summed E-state index contributed by atoms with van der Waals surface area (Å²) < 4.78 is 18.8. The van der Waals surface area contributed by atoms with Gasteiger partial charge < -0.3 is 10.1 Å². The first-order valence-corrected chi connectivity index (χ1v) is 9.79. The number of halogens is 1. The quantitative estimate of drug-likeness (QED) is 0.823. The van der Waals surface area contributed by atoms with Crippen molar-refractivity contribution < 1.29 is 13.9 Å². The lowest BCUT2D eigenvalue weighted by atomic mass is 9.86. The number of carbonyl (C=O) groups is 1. The van der Waals surface area contributed by atoms with Crippen LogP contribution in [0.3, 0.4) is 0 Å². The van der Waals surface area contributed by atoms with Gasteiger partial charge in [-0.25, -0.2) is 9.82 Å². The van der Waals surface area contributed by atoms with Crippen LogP contribution >= 0.6 is 0 Å². The Hall–Kier alpha value is -3.22. The number of aromatic nitrogens is 1. The van der Waals surface area contributed by atoms with Crippen LogP contribution in [0.2, 0.25) is 0 Å². The Bertz CT molecular complexity index is 948. The highest BCUT2D eigenvalue weighted by Gasteiger charge is 2.23. The second-order valence-electron chi connectivity index (χ2n) is 7.40. The zero-order chi connectivity index (χ0) is 20.2. The van der Waals surface area contributed by atoms with Crippen molar-refractivity contribution in [2.24, 2.45) is 11.0 Å². The van der Waals surface area contributed by atoms with Gasteiger partial charge in [0.2, 0.25) is 11.8 Å². The van der Waals surface area contributed by atoms with Gasteiger partial charge in [0, 0.05) is 24.7 Å². The summed E-state index contributed by atoms with van der Waals surface area (Å²) >= 11 is 0. The summed E-state index contributed by atoms with van der Waals surface area (Å²) in [5, 5.41) is 7.09. The van der Waals surface area contributed by atoms with E-state index in [2.05, 4.69) is 26.9 Å². The second-order valence-corrected chi connectivity index (χ2v) is 7.40. The standard InChI is InChI=1S/C22H23FN4O2/c1-14-26-27-21(29-14)11-15-5-8-19(9-6-15)25-22(28)17-7-10-20(24-13-17)16-3-2-4-18(23)12-16/h2-4,7,10-13,15,19,27H,5-6,8-9H2,1H3,(H,25,28). The Morgan fingerprint density at radius 3 is 2.72 bits per heavy atom. The first kappa shape index (κ1) is 19.1. The molecular weight excluding hydrogens is 371 g/mol. The lowest BCUT2D eigenvalue weighted by Crippen LogP contribution is -2.37. The average molecular weight is 394 g/mol. The summed E-state index contributed by atoms with van der Waals surface area (Å²) in [6.07, 6.45) is 7.40. The molecule has 1 amide bonds. The first-order valence-electron chi connectivity index (χ1n) is 9.79. The van der Waals surface area contributed by atoms with Gasteiger partial charge in [-0.15, -0.1) is 5.10 Å². The fourth-order valence-corrected chi connectivity index (χ4v) is 3.67. The van der Waals surface area contributed by atoms with Crippen LogP contribution in [0.15, 0.2) is 59.7 Å². The van der Waals surface area contributed by atoms with Crippen LogP contribution < -0.4 is 10.7 Å². The normalized spacial score (nSPS) is 22.6. The number of hydrazone groups is 1. The average Bonchev–Trinajstić information content (AvgIpc) is 3.14. The summed E-state index contributed by atoms with van der Waals surface area (Å²) in [5.74, 6) is 1.29. The summed E-state index contributed by atoms with van der Waals surface area (Å²) in [5.41, 5.74) is 4.69. The third kappa shape index (κ3) is 4.80. The Morgan fingerprint density at radius 1 is 1.24 bits per heavy atom. The molecule has 4 rings (SSSR count). The van der Waals surface area contributed by atoms with Crippen molar-refractivity contribution in [2.45, 2.75) is 38.6 Å². The van der Waals surface area contributed by atoms with E-state index in [-0.39, 0.29) is 17.8 Å². The van der Waals surface area contributed by atoms with Crippen LogP contribution in [0.1, 0.15) is 43.0 Å². The van der Waals surface area contributed by atoms with E-state index < -0.39 is 0 Å². The number of hydrogen-bond donors (Lipinski definition) is 2. The molecule has 1 aromatic carbocycles. The lowest BCUT2D eigenvalue weighted by molar-refractivity contribution is 0.0924. The lowest BCUT2D eigenvalue weighted by Gasteiger charge is -2.27. The summed E-state index contributed by atoms with van der Waals surface area (Å²) in [6.45, 7) is 1.81. The maximum Gasteiger partial charge on any atom is 0.253 e. The molecule has 2 heterocycles. The molecule has 0 atom stereocenters. The Kier molecular flexibility index (Phi) is 5.55. The van der Waals surface area contributed by atoms with E-state index in [1.54, 1.807) is 31.2 Å². The third-order valence-corrected chi connectivity index (χ3v) is 5.22.